The maximum absolute atomic E-state index is 13.3. The van der Waals surface area contributed by atoms with Gasteiger partial charge in [-0.05, 0) is 52.8 Å². The molecule has 0 amide bonds. The molecule has 0 unspecified atom stereocenters. The quantitative estimate of drug-likeness (QED) is 0.370. The number of methoxy groups -OCH3 is 1. The standard InChI is InChI=1S/C28H32NO2S/c1-27(2,3)20-15-19(26(30)23(16-20)28(4,5)6)18-29-24-13-8-9-14-25(24)32-22-12-10-11-21(17-22)31-7/h8-18H,1-7H3. The fraction of sp³-hybridized carbons (Fsp3) is 0.321. The molecule has 0 saturated heterocycles. The van der Waals surface area contributed by atoms with Gasteiger partial charge in [0.15, 0.2) is 5.75 Å². The zero-order chi connectivity index (χ0) is 23.5. The SMILES string of the molecule is COc1cccc(Sc2ccccc2N=Cc2cc(C(C)(C)C)cc(C(C)(C)C)c2[O])c1. The third kappa shape index (κ3) is 5.74. The number of nitrogens with zero attached hydrogens (tertiary/aromatic N) is 1. The lowest BCUT2D eigenvalue weighted by atomic mass is 9.79. The topological polar surface area (TPSA) is 41.5 Å². The van der Waals surface area contributed by atoms with Crippen LogP contribution in [-0.4, -0.2) is 13.3 Å². The van der Waals surface area contributed by atoms with E-state index in [1.54, 1.807) is 25.1 Å². The molecule has 0 aliphatic heterocycles. The van der Waals surface area contributed by atoms with Crippen LogP contribution in [0.3, 0.4) is 0 Å². The first-order valence-electron chi connectivity index (χ1n) is 10.8. The number of ether oxygens (including phenoxy) is 1. The molecule has 0 aliphatic rings. The van der Waals surface area contributed by atoms with Crippen molar-refractivity contribution in [1.29, 1.82) is 0 Å². The van der Waals surface area contributed by atoms with Gasteiger partial charge in [0.25, 0.3) is 0 Å². The molecule has 3 nitrogen and oxygen atoms in total. The van der Waals surface area contributed by atoms with Gasteiger partial charge in [0.2, 0.25) is 0 Å². The van der Waals surface area contributed by atoms with Crippen LogP contribution in [0.4, 0.5) is 5.69 Å². The van der Waals surface area contributed by atoms with E-state index < -0.39 is 0 Å². The van der Waals surface area contributed by atoms with Gasteiger partial charge < -0.3 is 4.74 Å². The highest BCUT2D eigenvalue weighted by atomic mass is 32.2. The number of aliphatic imine (C=N–C) groups is 1. The zero-order valence-corrected chi connectivity index (χ0v) is 20.8. The van der Waals surface area contributed by atoms with Gasteiger partial charge in [-0.2, -0.15) is 0 Å². The Kier molecular flexibility index (Phi) is 7.04. The molecule has 3 aromatic rings. The second-order valence-corrected chi connectivity index (χ2v) is 11.1. The van der Waals surface area contributed by atoms with Crippen LogP contribution in [0.25, 0.3) is 0 Å². The van der Waals surface area contributed by atoms with E-state index in [4.69, 9.17) is 9.73 Å². The van der Waals surface area contributed by atoms with Crippen LogP contribution in [0, 0.1) is 0 Å². The summed E-state index contributed by atoms with van der Waals surface area (Å²) in [6, 6.07) is 20.0. The van der Waals surface area contributed by atoms with Crippen LogP contribution >= 0.6 is 11.8 Å². The Morgan fingerprint density at radius 1 is 0.875 bits per heavy atom. The monoisotopic (exact) mass is 446 g/mol. The van der Waals surface area contributed by atoms with Crippen LogP contribution in [0.5, 0.6) is 11.5 Å². The minimum atomic E-state index is -0.235. The molecule has 167 valence electrons. The van der Waals surface area contributed by atoms with Crippen molar-refractivity contribution in [3.63, 3.8) is 0 Å². The highest BCUT2D eigenvalue weighted by Gasteiger charge is 2.25. The average Bonchev–Trinajstić information content (AvgIpc) is 2.72. The highest BCUT2D eigenvalue weighted by molar-refractivity contribution is 7.99. The fourth-order valence-electron chi connectivity index (χ4n) is 3.32. The molecule has 0 bridgehead atoms. The first-order valence-corrected chi connectivity index (χ1v) is 11.6. The summed E-state index contributed by atoms with van der Waals surface area (Å²) in [4.78, 5) is 6.84. The van der Waals surface area contributed by atoms with Gasteiger partial charge in [0, 0.05) is 27.1 Å². The predicted octanol–water partition coefficient (Wildman–Crippen LogP) is 8.34. The van der Waals surface area contributed by atoms with E-state index >= 15 is 0 Å². The molecule has 3 aromatic carbocycles. The van der Waals surface area contributed by atoms with Crippen molar-refractivity contribution >= 4 is 23.7 Å². The molecule has 0 fully saturated rings. The Labute approximate surface area is 196 Å². The lowest BCUT2D eigenvalue weighted by Gasteiger charge is -2.26. The van der Waals surface area contributed by atoms with Crippen LogP contribution in [0.15, 0.2) is 75.4 Å². The van der Waals surface area contributed by atoms with Crippen molar-refractivity contribution < 1.29 is 9.84 Å². The molecule has 4 heteroatoms. The summed E-state index contributed by atoms with van der Waals surface area (Å²) in [5.41, 5.74) is 3.13. The molecule has 3 rings (SSSR count). The van der Waals surface area contributed by atoms with E-state index in [0.29, 0.717) is 5.56 Å². The smallest absolute Gasteiger partial charge is 0.191 e. The van der Waals surface area contributed by atoms with Gasteiger partial charge in [-0.15, -0.1) is 0 Å². The minimum Gasteiger partial charge on any atom is -0.497 e. The Bertz CT molecular complexity index is 1120. The van der Waals surface area contributed by atoms with Gasteiger partial charge in [0.1, 0.15) is 5.75 Å². The molecule has 0 saturated carbocycles. The maximum Gasteiger partial charge on any atom is 0.191 e. The molecular weight excluding hydrogens is 414 g/mol. The van der Waals surface area contributed by atoms with Crippen LogP contribution in [-0.2, 0) is 15.9 Å². The molecule has 32 heavy (non-hydrogen) atoms. The highest BCUT2D eigenvalue weighted by Crippen LogP contribution is 2.39. The molecule has 0 N–H and O–H groups in total. The first kappa shape index (κ1) is 23.9. The summed E-state index contributed by atoms with van der Waals surface area (Å²) in [5, 5.41) is 13.3. The second-order valence-electron chi connectivity index (χ2n) is 9.95. The number of hydrogen-bond donors (Lipinski definition) is 0. The maximum atomic E-state index is 13.3. The number of para-hydroxylation sites is 1. The van der Waals surface area contributed by atoms with E-state index in [2.05, 4.69) is 47.6 Å². The van der Waals surface area contributed by atoms with Crippen LogP contribution < -0.4 is 4.74 Å². The van der Waals surface area contributed by atoms with Crippen molar-refractivity contribution in [2.75, 3.05) is 7.11 Å². The van der Waals surface area contributed by atoms with E-state index in [1.165, 1.54) is 0 Å². The van der Waals surface area contributed by atoms with Crippen LogP contribution in [0.1, 0.15) is 58.2 Å². The lowest BCUT2D eigenvalue weighted by molar-refractivity contribution is 0.339. The molecule has 0 atom stereocenters. The third-order valence-electron chi connectivity index (χ3n) is 5.27. The molecule has 0 heterocycles. The van der Waals surface area contributed by atoms with Crippen LogP contribution in [0.2, 0.25) is 0 Å². The number of rotatable bonds is 5. The lowest BCUT2D eigenvalue weighted by Crippen LogP contribution is -2.17. The zero-order valence-electron chi connectivity index (χ0n) is 20.0. The van der Waals surface area contributed by atoms with Crippen molar-refractivity contribution in [2.24, 2.45) is 4.99 Å². The van der Waals surface area contributed by atoms with Gasteiger partial charge in [-0.1, -0.05) is 77.6 Å². The van der Waals surface area contributed by atoms with Crippen molar-refractivity contribution in [2.45, 2.75) is 62.2 Å². The van der Waals surface area contributed by atoms with Crippen molar-refractivity contribution in [3.05, 3.63) is 77.4 Å². The largest absolute Gasteiger partial charge is 0.497 e. The summed E-state index contributed by atoms with van der Waals surface area (Å²) < 4.78 is 5.34. The normalized spacial score (nSPS) is 12.3. The second kappa shape index (κ2) is 9.41. The number of hydrogen-bond acceptors (Lipinski definition) is 3. The summed E-state index contributed by atoms with van der Waals surface area (Å²) in [6.45, 7) is 12.7. The Hall–Kier alpha value is -2.72. The Morgan fingerprint density at radius 3 is 2.25 bits per heavy atom. The third-order valence-corrected chi connectivity index (χ3v) is 6.32. The van der Waals surface area contributed by atoms with Gasteiger partial charge >= 0.3 is 0 Å². The minimum absolute atomic E-state index is 0.0483. The first-order chi connectivity index (χ1) is 15.0. The average molecular weight is 447 g/mol. The molecule has 0 spiro atoms. The molecule has 0 aliphatic carbocycles. The summed E-state index contributed by atoms with van der Waals surface area (Å²) in [7, 11) is 1.67. The fourth-order valence-corrected chi connectivity index (χ4v) is 4.27. The summed E-state index contributed by atoms with van der Waals surface area (Å²) in [6.07, 6.45) is 1.72. The summed E-state index contributed by atoms with van der Waals surface area (Å²) in [5.74, 6) is 0.868. The molecule has 1 radical (unpaired) electrons. The summed E-state index contributed by atoms with van der Waals surface area (Å²) >= 11 is 1.63. The van der Waals surface area contributed by atoms with Gasteiger partial charge in [-0.25, -0.2) is 0 Å². The van der Waals surface area contributed by atoms with E-state index in [-0.39, 0.29) is 16.6 Å². The van der Waals surface area contributed by atoms with Gasteiger partial charge in [0.05, 0.1) is 12.8 Å². The van der Waals surface area contributed by atoms with Crippen molar-refractivity contribution in [1.82, 2.24) is 0 Å². The number of benzene rings is 3. The predicted molar refractivity (Wildman–Crippen MR) is 135 cm³/mol. The molecule has 0 aromatic heterocycles. The van der Waals surface area contributed by atoms with E-state index in [1.807, 2.05) is 54.6 Å². The Morgan fingerprint density at radius 2 is 1.59 bits per heavy atom. The Balaban J connectivity index is 2.01. The van der Waals surface area contributed by atoms with E-state index in [0.717, 1.165) is 32.4 Å². The molecular formula is C28H32NO2S. The van der Waals surface area contributed by atoms with Gasteiger partial charge in [-0.3, -0.25) is 10.1 Å². The van der Waals surface area contributed by atoms with Crippen molar-refractivity contribution in [3.8, 4) is 11.5 Å². The van der Waals surface area contributed by atoms with E-state index in [9.17, 15) is 5.11 Å².